The van der Waals surface area contributed by atoms with Crippen molar-refractivity contribution in [2.24, 2.45) is 0 Å². The van der Waals surface area contributed by atoms with E-state index < -0.39 is 6.61 Å². The minimum Gasteiger partial charge on any atom is -0.435 e. The fourth-order valence-corrected chi connectivity index (χ4v) is 3.16. The number of halogens is 2. The van der Waals surface area contributed by atoms with E-state index in [-0.39, 0.29) is 17.4 Å². The smallest absolute Gasteiger partial charge is 0.387 e. The largest absolute Gasteiger partial charge is 0.435 e. The maximum absolute atomic E-state index is 12.2. The van der Waals surface area contributed by atoms with E-state index >= 15 is 0 Å². The van der Waals surface area contributed by atoms with E-state index in [1.807, 2.05) is 6.07 Å². The van der Waals surface area contributed by atoms with E-state index in [9.17, 15) is 8.78 Å². The Hall–Kier alpha value is -1.20. The minimum atomic E-state index is -2.79. The molecule has 2 aliphatic rings. The lowest BCUT2D eigenvalue weighted by atomic mass is 9.95. The molecule has 1 aromatic carbocycles. The standard InChI is InChI=1S/C15H19F2NO2/c16-14(17)20-12-5-3-4-11(8-12)13-9-18-15(10-19-13)6-1-2-7-15/h3-5,8,13-14,18H,1-2,6-7,9-10H2. The fourth-order valence-electron chi connectivity index (χ4n) is 3.16. The first-order chi connectivity index (χ1) is 9.67. The number of morpholine rings is 1. The summed E-state index contributed by atoms with van der Waals surface area (Å²) in [6.45, 7) is -1.38. The van der Waals surface area contributed by atoms with E-state index in [1.165, 1.54) is 18.9 Å². The van der Waals surface area contributed by atoms with Gasteiger partial charge in [-0.2, -0.15) is 8.78 Å². The Kier molecular flexibility index (Phi) is 3.89. The summed E-state index contributed by atoms with van der Waals surface area (Å²) in [6.07, 6.45) is 4.72. The van der Waals surface area contributed by atoms with Gasteiger partial charge in [-0.3, -0.25) is 0 Å². The molecule has 1 atom stereocenters. The zero-order valence-corrected chi connectivity index (χ0v) is 11.3. The summed E-state index contributed by atoms with van der Waals surface area (Å²) in [6, 6.07) is 6.77. The Morgan fingerprint density at radius 1 is 1.30 bits per heavy atom. The molecule has 1 saturated heterocycles. The number of ether oxygens (including phenoxy) is 2. The lowest BCUT2D eigenvalue weighted by molar-refractivity contribution is -0.0507. The summed E-state index contributed by atoms with van der Waals surface area (Å²) in [5.41, 5.74) is 1.02. The van der Waals surface area contributed by atoms with Gasteiger partial charge in [0.2, 0.25) is 0 Å². The quantitative estimate of drug-likeness (QED) is 0.923. The third-order valence-corrected chi connectivity index (χ3v) is 4.24. The average Bonchev–Trinajstić information content (AvgIpc) is 2.87. The number of rotatable bonds is 3. The lowest BCUT2D eigenvalue weighted by Crippen LogP contribution is -2.53. The predicted octanol–water partition coefficient (Wildman–Crippen LogP) is 3.26. The van der Waals surface area contributed by atoms with Crippen molar-refractivity contribution in [3.05, 3.63) is 29.8 Å². The second kappa shape index (κ2) is 5.66. The Labute approximate surface area is 117 Å². The van der Waals surface area contributed by atoms with E-state index in [4.69, 9.17) is 4.74 Å². The summed E-state index contributed by atoms with van der Waals surface area (Å²) in [4.78, 5) is 0. The summed E-state index contributed by atoms with van der Waals surface area (Å²) >= 11 is 0. The Morgan fingerprint density at radius 2 is 2.10 bits per heavy atom. The predicted molar refractivity (Wildman–Crippen MR) is 71.0 cm³/mol. The van der Waals surface area contributed by atoms with Crippen molar-refractivity contribution < 1.29 is 18.3 Å². The van der Waals surface area contributed by atoms with Crippen LogP contribution in [0.2, 0.25) is 0 Å². The van der Waals surface area contributed by atoms with Gasteiger partial charge in [0.05, 0.1) is 12.7 Å². The van der Waals surface area contributed by atoms with Crippen molar-refractivity contribution >= 4 is 0 Å². The Balaban J connectivity index is 1.65. The molecule has 1 aliphatic carbocycles. The van der Waals surface area contributed by atoms with Crippen LogP contribution in [-0.2, 0) is 4.74 Å². The third-order valence-electron chi connectivity index (χ3n) is 4.24. The van der Waals surface area contributed by atoms with Crippen LogP contribution in [0, 0.1) is 0 Å². The first-order valence-corrected chi connectivity index (χ1v) is 7.08. The Morgan fingerprint density at radius 3 is 2.75 bits per heavy atom. The van der Waals surface area contributed by atoms with Gasteiger partial charge in [-0.05, 0) is 30.5 Å². The van der Waals surface area contributed by atoms with Crippen molar-refractivity contribution in [1.29, 1.82) is 0 Å². The molecule has 0 bridgehead atoms. The molecular formula is C15H19F2NO2. The number of benzene rings is 1. The lowest BCUT2D eigenvalue weighted by Gasteiger charge is -2.38. The molecule has 1 aromatic rings. The molecule has 1 N–H and O–H groups in total. The van der Waals surface area contributed by atoms with Crippen LogP contribution < -0.4 is 10.1 Å². The van der Waals surface area contributed by atoms with Crippen molar-refractivity contribution in [3.63, 3.8) is 0 Å². The van der Waals surface area contributed by atoms with Crippen LogP contribution in [0.15, 0.2) is 24.3 Å². The van der Waals surface area contributed by atoms with Crippen molar-refractivity contribution in [3.8, 4) is 5.75 Å². The normalized spacial score (nSPS) is 25.2. The molecule has 0 radical (unpaired) electrons. The molecule has 1 aliphatic heterocycles. The van der Waals surface area contributed by atoms with Crippen molar-refractivity contribution in [2.75, 3.05) is 13.2 Å². The van der Waals surface area contributed by atoms with E-state index in [0.29, 0.717) is 6.61 Å². The van der Waals surface area contributed by atoms with Gasteiger partial charge in [-0.25, -0.2) is 0 Å². The first-order valence-electron chi connectivity index (χ1n) is 7.08. The average molecular weight is 283 g/mol. The summed E-state index contributed by atoms with van der Waals surface area (Å²) in [7, 11) is 0. The highest BCUT2D eigenvalue weighted by atomic mass is 19.3. The van der Waals surface area contributed by atoms with Gasteiger partial charge in [0, 0.05) is 12.1 Å². The molecular weight excluding hydrogens is 264 g/mol. The molecule has 0 aromatic heterocycles. The highest BCUT2D eigenvalue weighted by Crippen LogP contribution is 2.35. The summed E-state index contributed by atoms with van der Waals surface area (Å²) < 4.78 is 34.8. The molecule has 3 nitrogen and oxygen atoms in total. The summed E-state index contributed by atoms with van der Waals surface area (Å²) in [5, 5.41) is 3.59. The van der Waals surface area contributed by atoms with Gasteiger partial charge in [0.1, 0.15) is 5.75 Å². The molecule has 1 spiro atoms. The fraction of sp³-hybridized carbons (Fsp3) is 0.600. The van der Waals surface area contributed by atoms with Crippen LogP contribution >= 0.6 is 0 Å². The van der Waals surface area contributed by atoms with Gasteiger partial charge >= 0.3 is 6.61 Å². The van der Waals surface area contributed by atoms with Crippen molar-refractivity contribution in [2.45, 2.75) is 43.9 Å². The minimum absolute atomic E-state index is 0.0950. The molecule has 1 saturated carbocycles. The van der Waals surface area contributed by atoms with Gasteiger partial charge in [0.15, 0.2) is 0 Å². The van der Waals surface area contributed by atoms with Gasteiger partial charge in [-0.1, -0.05) is 25.0 Å². The maximum atomic E-state index is 12.2. The summed E-state index contributed by atoms with van der Waals surface area (Å²) in [5.74, 6) is 0.183. The molecule has 20 heavy (non-hydrogen) atoms. The topological polar surface area (TPSA) is 30.5 Å². The number of nitrogens with one attached hydrogen (secondary N) is 1. The van der Waals surface area contributed by atoms with Crippen LogP contribution in [-0.4, -0.2) is 25.3 Å². The number of hydrogen-bond donors (Lipinski definition) is 1. The van der Waals surface area contributed by atoms with Crippen LogP contribution in [0.25, 0.3) is 0 Å². The van der Waals surface area contributed by atoms with Gasteiger partial charge in [0.25, 0.3) is 0 Å². The van der Waals surface area contributed by atoms with E-state index in [2.05, 4.69) is 10.1 Å². The van der Waals surface area contributed by atoms with Crippen LogP contribution in [0.5, 0.6) is 5.75 Å². The van der Waals surface area contributed by atoms with Crippen LogP contribution in [0.3, 0.4) is 0 Å². The molecule has 1 heterocycles. The SMILES string of the molecule is FC(F)Oc1cccc(C2CNC3(CCCC3)CO2)c1. The molecule has 5 heteroatoms. The van der Waals surface area contributed by atoms with E-state index in [0.717, 1.165) is 24.9 Å². The zero-order chi connectivity index (χ0) is 14.0. The number of alkyl halides is 2. The van der Waals surface area contributed by atoms with Crippen molar-refractivity contribution in [1.82, 2.24) is 5.32 Å². The van der Waals surface area contributed by atoms with Gasteiger partial charge < -0.3 is 14.8 Å². The highest BCUT2D eigenvalue weighted by Gasteiger charge is 2.38. The molecule has 2 fully saturated rings. The molecule has 1 unspecified atom stereocenters. The Bertz CT molecular complexity index is 451. The molecule has 0 amide bonds. The van der Waals surface area contributed by atoms with Crippen LogP contribution in [0.1, 0.15) is 37.4 Å². The second-order valence-corrected chi connectivity index (χ2v) is 5.62. The van der Waals surface area contributed by atoms with Crippen LogP contribution in [0.4, 0.5) is 8.78 Å². The van der Waals surface area contributed by atoms with Gasteiger partial charge in [-0.15, -0.1) is 0 Å². The monoisotopic (exact) mass is 283 g/mol. The number of hydrogen-bond acceptors (Lipinski definition) is 3. The third kappa shape index (κ3) is 2.94. The highest BCUT2D eigenvalue weighted by molar-refractivity contribution is 5.30. The van der Waals surface area contributed by atoms with E-state index in [1.54, 1.807) is 12.1 Å². The first kappa shape index (κ1) is 13.8. The molecule has 3 rings (SSSR count). The zero-order valence-electron chi connectivity index (χ0n) is 11.3. The maximum Gasteiger partial charge on any atom is 0.387 e. The molecule has 110 valence electrons. The second-order valence-electron chi connectivity index (χ2n) is 5.62.